The van der Waals surface area contributed by atoms with Gasteiger partial charge in [-0.25, -0.2) is 4.79 Å². The minimum Gasteiger partial charge on any atom is -0.457 e. The summed E-state index contributed by atoms with van der Waals surface area (Å²) in [6.07, 6.45) is 0.389. The van der Waals surface area contributed by atoms with Crippen molar-refractivity contribution in [1.29, 1.82) is 0 Å². The van der Waals surface area contributed by atoms with Crippen LogP contribution in [0, 0.1) is 0 Å². The van der Waals surface area contributed by atoms with Gasteiger partial charge in [-0.05, 0) is 36.4 Å². The van der Waals surface area contributed by atoms with Crippen molar-refractivity contribution < 1.29 is 22.7 Å². The summed E-state index contributed by atoms with van der Waals surface area (Å²) in [5.41, 5.74) is 0.973. The lowest BCUT2D eigenvalue weighted by Gasteiger charge is -2.13. The average Bonchev–Trinajstić information content (AvgIpc) is 3.30. The van der Waals surface area contributed by atoms with E-state index in [1.807, 2.05) is 0 Å². The molecule has 0 aliphatic rings. The molecule has 0 saturated carbocycles. The molecule has 4 aromatic rings. The highest BCUT2D eigenvalue weighted by Gasteiger charge is 2.33. The summed E-state index contributed by atoms with van der Waals surface area (Å²) in [6, 6.07) is 12.7. The van der Waals surface area contributed by atoms with Crippen molar-refractivity contribution in [3.63, 3.8) is 0 Å². The first-order chi connectivity index (χ1) is 15.8. The van der Waals surface area contributed by atoms with E-state index in [1.165, 1.54) is 12.1 Å². The van der Waals surface area contributed by atoms with E-state index in [-0.39, 0.29) is 10.2 Å². The lowest BCUT2D eigenvalue weighted by Crippen LogP contribution is -2.20. The second-order valence-corrected chi connectivity index (χ2v) is 7.62. The van der Waals surface area contributed by atoms with Gasteiger partial charge in [0.1, 0.15) is 11.5 Å². The number of halogens is 4. The number of urea groups is 1. The predicted octanol–water partition coefficient (Wildman–Crippen LogP) is 6.69. The Morgan fingerprint density at radius 3 is 2.48 bits per heavy atom. The number of carbonyl (C=O) groups is 1. The molecule has 3 N–H and O–H groups in total. The van der Waals surface area contributed by atoms with Gasteiger partial charge in [-0.1, -0.05) is 22.0 Å². The fourth-order valence-electron chi connectivity index (χ4n) is 2.91. The van der Waals surface area contributed by atoms with Crippen LogP contribution in [0.4, 0.5) is 29.3 Å². The SMILES string of the molecule is O=C(Nc1cccc(Oc2ccnc(-c3cn[nH]c3)c2)c1)Nc1ccc(Br)c(C(F)(F)F)c1. The Bertz CT molecular complexity index is 1280. The number of aromatic nitrogens is 3. The Morgan fingerprint density at radius 1 is 1.00 bits per heavy atom. The normalized spacial score (nSPS) is 11.2. The monoisotopic (exact) mass is 517 g/mol. The molecule has 168 valence electrons. The molecule has 2 aromatic carbocycles. The van der Waals surface area contributed by atoms with Gasteiger partial charge < -0.3 is 15.4 Å². The first kappa shape index (κ1) is 22.3. The van der Waals surface area contributed by atoms with E-state index in [0.717, 1.165) is 11.6 Å². The summed E-state index contributed by atoms with van der Waals surface area (Å²) in [5.74, 6) is 0.970. The number of hydrogen-bond acceptors (Lipinski definition) is 4. The van der Waals surface area contributed by atoms with Crippen LogP contribution in [-0.4, -0.2) is 21.2 Å². The quantitative estimate of drug-likeness (QED) is 0.275. The Kier molecular flexibility index (Phi) is 6.31. The molecule has 33 heavy (non-hydrogen) atoms. The predicted molar refractivity (Wildman–Crippen MR) is 120 cm³/mol. The second kappa shape index (κ2) is 9.33. The molecule has 2 heterocycles. The zero-order valence-electron chi connectivity index (χ0n) is 16.7. The molecule has 2 amide bonds. The summed E-state index contributed by atoms with van der Waals surface area (Å²) in [4.78, 5) is 16.6. The molecular weight excluding hydrogens is 503 g/mol. The molecule has 11 heteroatoms. The largest absolute Gasteiger partial charge is 0.457 e. The van der Waals surface area contributed by atoms with Crippen LogP contribution in [0.25, 0.3) is 11.3 Å². The number of nitrogens with zero attached hydrogens (tertiary/aromatic N) is 2. The maximum absolute atomic E-state index is 13.1. The molecule has 0 atom stereocenters. The number of pyridine rings is 1. The zero-order valence-corrected chi connectivity index (χ0v) is 18.2. The fraction of sp³-hybridized carbons (Fsp3) is 0.0455. The first-order valence-electron chi connectivity index (χ1n) is 9.46. The highest BCUT2D eigenvalue weighted by molar-refractivity contribution is 9.10. The van der Waals surface area contributed by atoms with E-state index in [9.17, 15) is 18.0 Å². The van der Waals surface area contributed by atoms with Crippen molar-refractivity contribution in [3.8, 4) is 22.8 Å². The molecule has 0 unspecified atom stereocenters. The molecule has 2 aromatic heterocycles. The van der Waals surface area contributed by atoms with Crippen LogP contribution in [0.2, 0.25) is 0 Å². The van der Waals surface area contributed by atoms with E-state index in [2.05, 4.69) is 41.7 Å². The number of alkyl halides is 3. The smallest absolute Gasteiger partial charge is 0.417 e. The molecule has 7 nitrogen and oxygen atoms in total. The Balaban J connectivity index is 1.44. The van der Waals surface area contributed by atoms with Crippen molar-refractivity contribution in [3.05, 3.63) is 83.2 Å². The second-order valence-electron chi connectivity index (χ2n) is 6.77. The van der Waals surface area contributed by atoms with E-state index in [4.69, 9.17) is 4.74 Å². The lowest BCUT2D eigenvalue weighted by atomic mass is 10.2. The third-order valence-corrected chi connectivity index (χ3v) is 5.07. The molecular formula is C22H15BrF3N5O2. The summed E-state index contributed by atoms with van der Waals surface area (Å²) < 4.78 is 44.9. The molecule has 0 saturated heterocycles. The van der Waals surface area contributed by atoms with Gasteiger partial charge >= 0.3 is 12.2 Å². The first-order valence-corrected chi connectivity index (χ1v) is 10.2. The number of H-pyrrole nitrogens is 1. The molecule has 0 aliphatic heterocycles. The maximum Gasteiger partial charge on any atom is 0.417 e. The topological polar surface area (TPSA) is 91.9 Å². The number of carbonyl (C=O) groups excluding carboxylic acids is 1. The fourth-order valence-corrected chi connectivity index (χ4v) is 3.38. The van der Waals surface area contributed by atoms with Gasteiger partial charge in [0.25, 0.3) is 0 Å². The molecule has 0 bridgehead atoms. The molecule has 4 rings (SSSR count). The van der Waals surface area contributed by atoms with E-state index in [1.54, 1.807) is 55.0 Å². The van der Waals surface area contributed by atoms with Crippen LogP contribution >= 0.6 is 15.9 Å². The standard InChI is InChI=1S/C22H15BrF3N5O2/c23-19-5-4-15(9-18(19)22(24,25)26)31-21(32)30-14-2-1-3-16(8-14)33-17-6-7-27-20(10-17)13-11-28-29-12-13/h1-12H,(H,28,29)(H2,30,31,32). The molecule has 0 fully saturated rings. The van der Waals surface area contributed by atoms with Crippen molar-refractivity contribution in [2.75, 3.05) is 10.6 Å². The van der Waals surface area contributed by atoms with Crippen molar-refractivity contribution in [2.45, 2.75) is 6.18 Å². The van der Waals surface area contributed by atoms with Crippen molar-refractivity contribution in [2.24, 2.45) is 0 Å². The van der Waals surface area contributed by atoms with Gasteiger partial charge in [-0.15, -0.1) is 0 Å². The number of hydrogen-bond donors (Lipinski definition) is 3. The van der Waals surface area contributed by atoms with Gasteiger partial charge in [0.05, 0.1) is 17.5 Å². The third-order valence-electron chi connectivity index (χ3n) is 4.38. The number of rotatable bonds is 5. The lowest BCUT2D eigenvalue weighted by molar-refractivity contribution is -0.138. The van der Waals surface area contributed by atoms with Crippen LogP contribution in [0.5, 0.6) is 11.5 Å². The van der Waals surface area contributed by atoms with Gasteiger partial charge in [-0.3, -0.25) is 10.1 Å². The third kappa shape index (κ3) is 5.69. The minimum absolute atomic E-state index is 0.000934. The van der Waals surface area contributed by atoms with Gasteiger partial charge in [0, 0.05) is 45.9 Å². The number of nitrogens with one attached hydrogen (secondary N) is 3. The number of aromatic amines is 1. The van der Waals surface area contributed by atoms with E-state index >= 15 is 0 Å². The number of ether oxygens (including phenoxy) is 1. The molecule has 0 radical (unpaired) electrons. The number of amides is 2. The Hall–Kier alpha value is -3.86. The summed E-state index contributed by atoms with van der Waals surface area (Å²) in [6.45, 7) is 0. The van der Waals surface area contributed by atoms with E-state index in [0.29, 0.717) is 22.9 Å². The van der Waals surface area contributed by atoms with Crippen LogP contribution < -0.4 is 15.4 Å². The number of benzene rings is 2. The number of anilines is 2. The summed E-state index contributed by atoms with van der Waals surface area (Å²) >= 11 is 2.87. The van der Waals surface area contributed by atoms with Crippen LogP contribution in [0.3, 0.4) is 0 Å². The highest BCUT2D eigenvalue weighted by Crippen LogP contribution is 2.36. The average molecular weight is 518 g/mol. The minimum atomic E-state index is -4.55. The highest BCUT2D eigenvalue weighted by atomic mass is 79.9. The Labute approximate surface area is 194 Å². The van der Waals surface area contributed by atoms with Crippen LogP contribution in [-0.2, 0) is 6.18 Å². The van der Waals surface area contributed by atoms with Gasteiger partial charge in [0.15, 0.2) is 0 Å². The molecule has 0 aliphatic carbocycles. The zero-order chi connectivity index (χ0) is 23.4. The van der Waals surface area contributed by atoms with Crippen molar-refractivity contribution >= 4 is 33.3 Å². The Morgan fingerprint density at radius 2 is 1.76 bits per heavy atom. The van der Waals surface area contributed by atoms with Gasteiger partial charge in [-0.2, -0.15) is 18.3 Å². The molecule has 0 spiro atoms. The van der Waals surface area contributed by atoms with Crippen molar-refractivity contribution in [1.82, 2.24) is 15.2 Å². The maximum atomic E-state index is 13.1. The summed E-state index contributed by atoms with van der Waals surface area (Å²) in [5, 5.41) is 11.6. The van der Waals surface area contributed by atoms with Crippen LogP contribution in [0.1, 0.15) is 5.56 Å². The van der Waals surface area contributed by atoms with Crippen LogP contribution in [0.15, 0.2) is 77.7 Å². The van der Waals surface area contributed by atoms with E-state index < -0.39 is 17.8 Å². The van der Waals surface area contributed by atoms with Gasteiger partial charge in [0.2, 0.25) is 0 Å². The summed E-state index contributed by atoms with van der Waals surface area (Å²) in [7, 11) is 0.